The third kappa shape index (κ3) is 2.75. The molecule has 5 heteroatoms. The molecule has 1 aliphatic carbocycles. The molecule has 0 spiro atoms. The van der Waals surface area contributed by atoms with E-state index in [0.717, 1.165) is 40.7 Å². The molecule has 5 nitrogen and oxygen atoms in total. The number of hydrogen-bond donors (Lipinski definition) is 3. The van der Waals surface area contributed by atoms with Crippen molar-refractivity contribution in [3.05, 3.63) is 59.8 Å². The molecule has 0 unspecified atom stereocenters. The Balaban J connectivity index is 1.59. The van der Waals surface area contributed by atoms with Crippen molar-refractivity contribution >= 4 is 34.1 Å². The van der Waals surface area contributed by atoms with E-state index in [1.807, 2.05) is 25.1 Å². The second kappa shape index (κ2) is 6.02. The molecule has 1 fully saturated rings. The average molecular weight is 347 g/mol. The summed E-state index contributed by atoms with van der Waals surface area (Å²) in [5.41, 5.74) is 4.22. The highest BCUT2D eigenvalue weighted by molar-refractivity contribution is 6.05. The van der Waals surface area contributed by atoms with Crippen molar-refractivity contribution in [3.8, 4) is 0 Å². The van der Waals surface area contributed by atoms with Gasteiger partial charge in [0.15, 0.2) is 0 Å². The molecule has 0 atom stereocenters. The molecule has 3 N–H and O–H groups in total. The third-order valence-electron chi connectivity index (χ3n) is 5.02. The van der Waals surface area contributed by atoms with Crippen LogP contribution in [0.3, 0.4) is 0 Å². The smallest absolute Gasteiger partial charge is 0.235 e. The van der Waals surface area contributed by atoms with Crippen molar-refractivity contribution in [2.75, 3.05) is 10.6 Å². The van der Waals surface area contributed by atoms with Crippen LogP contribution in [0.25, 0.3) is 10.9 Å². The van der Waals surface area contributed by atoms with Gasteiger partial charge in [0, 0.05) is 34.9 Å². The van der Waals surface area contributed by atoms with Crippen molar-refractivity contribution < 1.29 is 9.59 Å². The Labute approximate surface area is 151 Å². The van der Waals surface area contributed by atoms with Gasteiger partial charge in [-0.15, -0.1) is 0 Å². The fourth-order valence-corrected chi connectivity index (χ4v) is 3.70. The minimum atomic E-state index is -0.458. The summed E-state index contributed by atoms with van der Waals surface area (Å²) in [6.07, 6.45) is 1.71. The molecule has 1 aliphatic rings. The molecule has 0 radical (unpaired) electrons. The number of anilines is 2. The van der Waals surface area contributed by atoms with Crippen LogP contribution in [0.2, 0.25) is 0 Å². The number of fused-ring (bicyclic) bond motifs is 1. The van der Waals surface area contributed by atoms with Gasteiger partial charge in [0.2, 0.25) is 11.8 Å². The molecule has 0 saturated heterocycles. The molecular formula is C21H21N3O2. The Kier molecular flexibility index (Phi) is 3.80. The van der Waals surface area contributed by atoms with Crippen LogP contribution in [-0.2, 0) is 15.0 Å². The lowest BCUT2D eigenvalue weighted by Crippen LogP contribution is -2.28. The van der Waals surface area contributed by atoms with Gasteiger partial charge in [0.25, 0.3) is 0 Å². The number of H-pyrrole nitrogens is 1. The maximum Gasteiger partial charge on any atom is 0.235 e. The molecule has 132 valence electrons. The highest BCUT2D eigenvalue weighted by atomic mass is 16.2. The summed E-state index contributed by atoms with van der Waals surface area (Å²) in [5.74, 6) is -0.0915. The lowest BCUT2D eigenvalue weighted by atomic mass is 9.92. The van der Waals surface area contributed by atoms with E-state index in [4.69, 9.17) is 0 Å². The lowest BCUT2D eigenvalue weighted by Gasteiger charge is -2.16. The van der Waals surface area contributed by atoms with Gasteiger partial charge in [-0.1, -0.05) is 18.2 Å². The summed E-state index contributed by atoms with van der Waals surface area (Å²) >= 11 is 0. The minimum absolute atomic E-state index is 0.0256. The Morgan fingerprint density at radius 1 is 0.962 bits per heavy atom. The molecule has 4 rings (SSSR count). The predicted octanol–water partition coefficient (Wildman–Crippen LogP) is 4.11. The largest absolute Gasteiger partial charge is 0.358 e. The van der Waals surface area contributed by atoms with Gasteiger partial charge in [0.05, 0.1) is 5.41 Å². The zero-order chi connectivity index (χ0) is 18.3. The second-order valence-corrected chi connectivity index (χ2v) is 6.97. The number of nitrogens with one attached hydrogen (secondary N) is 3. The summed E-state index contributed by atoms with van der Waals surface area (Å²) in [5, 5.41) is 6.89. The molecular weight excluding hydrogens is 326 g/mol. The normalized spacial score (nSPS) is 14.8. The van der Waals surface area contributed by atoms with Gasteiger partial charge in [-0.3, -0.25) is 9.59 Å². The number of aromatic nitrogens is 1. The zero-order valence-electron chi connectivity index (χ0n) is 14.8. The highest BCUT2D eigenvalue weighted by Crippen LogP contribution is 2.52. The van der Waals surface area contributed by atoms with Crippen molar-refractivity contribution in [1.29, 1.82) is 0 Å². The van der Waals surface area contributed by atoms with Gasteiger partial charge in [-0.25, -0.2) is 0 Å². The van der Waals surface area contributed by atoms with Crippen LogP contribution in [0, 0.1) is 6.92 Å². The van der Waals surface area contributed by atoms with E-state index >= 15 is 0 Å². The number of hydrogen-bond acceptors (Lipinski definition) is 2. The van der Waals surface area contributed by atoms with E-state index in [-0.39, 0.29) is 11.8 Å². The quantitative estimate of drug-likeness (QED) is 0.664. The minimum Gasteiger partial charge on any atom is -0.358 e. The van der Waals surface area contributed by atoms with E-state index in [1.165, 1.54) is 6.92 Å². The van der Waals surface area contributed by atoms with E-state index in [2.05, 4.69) is 21.7 Å². The first-order valence-corrected chi connectivity index (χ1v) is 8.76. The SMILES string of the molecule is CC(=O)Nc1ccc(NC(=O)C2(c3c(C)[nH]c4ccccc34)CC2)cc1. The Morgan fingerprint density at radius 3 is 2.19 bits per heavy atom. The number of aryl methyl sites for hydroxylation is 1. The molecule has 3 aromatic rings. The Bertz CT molecular complexity index is 998. The van der Waals surface area contributed by atoms with E-state index in [9.17, 15) is 9.59 Å². The van der Waals surface area contributed by atoms with Crippen LogP contribution in [-0.4, -0.2) is 16.8 Å². The summed E-state index contributed by atoms with van der Waals surface area (Å²) in [4.78, 5) is 27.6. The Morgan fingerprint density at radius 2 is 1.58 bits per heavy atom. The molecule has 1 heterocycles. The van der Waals surface area contributed by atoms with Crippen molar-refractivity contribution in [1.82, 2.24) is 4.98 Å². The van der Waals surface area contributed by atoms with Gasteiger partial charge in [0.1, 0.15) is 0 Å². The first kappa shape index (κ1) is 16.4. The molecule has 0 aliphatic heterocycles. The predicted molar refractivity (Wildman–Crippen MR) is 103 cm³/mol. The number of carbonyl (C=O) groups excluding carboxylic acids is 2. The summed E-state index contributed by atoms with van der Waals surface area (Å²) in [6.45, 7) is 3.50. The van der Waals surface area contributed by atoms with E-state index < -0.39 is 5.41 Å². The molecule has 1 saturated carbocycles. The topological polar surface area (TPSA) is 74.0 Å². The number of amides is 2. The van der Waals surface area contributed by atoms with Gasteiger partial charge in [-0.2, -0.15) is 0 Å². The first-order valence-electron chi connectivity index (χ1n) is 8.76. The van der Waals surface area contributed by atoms with Crippen LogP contribution in [0.4, 0.5) is 11.4 Å². The number of carbonyl (C=O) groups is 2. The highest BCUT2D eigenvalue weighted by Gasteiger charge is 2.53. The Hall–Kier alpha value is -3.08. The number of benzene rings is 2. The average Bonchev–Trinajstić information content (AvgIpc) is 3.33. The maximum absolute atomic E-state index is 13.1. The monoisotopic (exact) mass is 347 g/mol. The second-order valence-electron chi connectivity index (χ2n) is 6.97. The van der Waals surface area contributed by atoms with Crippen LogP contribution in [0.5, 0.6) is 0 Å². The van der Waals surface area contributed by atoms with Crippen LogP contribution in [0.1, 0.15) is 31.0 Å². The van der Waals surface area contributed by atoms with Crippen LogP contribution < -0.4 is 10.6 Å². The molecule has 0 bridgehead atoms. The molecule has 1 aromatic heterocycles. The maximum atomic E-state index is 13.1. The first-order chi connectivity index (χ1) is 12.5. The van der Waals surface area contributed by atoms with Crippen LogP contribution >= 0.6 is 0 Å². The number of para-hydroxylation sites is 1. The zero-order valence-corrected chi connectivity index (χ0v) is 14.8. The molecule has 2 aromatic carbocycles. The van der Waals surface area contributed by atoms with Crippen molar-refractivity contribution in [2.24, 2.45) is 0 Å². The van der Waals surface area contributed by atoms with Crippen LogP contribution in [0.15, 0.2) is 48.5 Å². The summed E-state index contributed by atoms with van der Waals surface area (Å²) in [7, 11) is 0. The fraction of sp³-hybridized carbons (Fsp3) is 0.238. The summed E-state index contributed by atoms with van der Waals surface area (Å²) < 4.78 is 0. The lowest BCUT2D eigenvalue weighted by molar-refractivity contribution is -0.118. The van der Waals surface area contributed by atoms with Gasteiger partial charge in [-0.05, 0) is 55.7 Å². The molecule has 26 heavy (non-hydrogen) atoms. The number of rotatable bonds is 4. The van der Waals surface area contributed by atoms with Gasteiger partial charge >= 0.3 is 0 Å². The fourth-order valence-electron chi connectivity index (χ4n) is 3.70. The molecule has 2 amide bonds. The summed E-state index contributed by atoms with van der Waals surface area (Å²) in [6, 6.07) is 15.3. The van der Waals surface area contributed by atoms with Crippen molar-refractivity contribution in [2.45, 2.75) is 32.1 Å². The van der Waals surface area contributed by atoms with Crippen molar-refractivity contribution in [3.63, 3.8) is 0 Å². The van der Waals surface area contributed by atoms with Gasteiger partial charge < -0.3 is 15.6 Å². The van der Waals surface area contributed by atoms with E-state index in [0.29, 0.717) is 5.69 Å². The third-order valence-corrected chi connectivity index (χ3v) is 5.02. The van der Waals surface area contributed by atoms with E-state index in [1.54, 1.807) is 24.3 Å². The standard InChI is InChI=1S/C21H21N3O2/c1-13-19(17-5-3-4-6-18(17)22-13)21(11-12-21)20(26)24-16-9-7-15(8-10-16)23-14(2)25/h3-10,22H,11-12H2,1-2H3,(H,23,25)(H,24,26). The number of aromatic amines is 1.